The van der Waals surface area contributed by atoms with Crippen LogP contribution in [0.3, 0.4) is 0 Å². The molecular weight excluding hydrogens is 312 g/mol. The maximum absolute atomic E-state index is 13.2. The number of nitrogens with one attached hydrogen (secondary N) is 1. The number of carbonyl (C=O) groups excluding carboxylic acids is 2. The maximum atomic E-state index is 13.2. The van der Waals surface area contributed by atoms with E-state index in [1.54, 1.807) is 24.3 Å². The van der Waals surface area contributed by atoms with Crippen molar-refractivity contribution in [1.82, 2.24) is 4.57 Å². The smallest absolute Gasteiger partial charge is 0.262 e. The molecule has 0 aliphatic heterocycles. The lowest BCUT2D eigenvalue weighted by Gasteiger charge is -2.15. The number of fused-ring (bicyclic) bond motifs is 3. The molecule has 1 heterocycles. The summed E-state index contributed by atoms with van der Waals surface area (Å²) in [6, 6.07) is 15.3. The second-order valence-electron chi connectivity index (χ2n) is 6.55. The van der Waals surface area contributed by atoms with E-state index in [2.05, 4.69) is 11.4 Å². The highest BCUT2D eigenvalue weighted by Gasteiger charge is 2.23. The molecule has 0 bridgehead atoms. The van der Waals surface area contributed by atoms with Crippen molar-refractivity contribution in [3.63, 3.8) is 0 Å². The zero-order valence-corrected chi connectivity index (χ0v) is 14.2. The van der Waals surface area contributed by atoms with Gasteiger partial charge in [0.25, 0.3) is 5.91 Å². The Morgan fingerprint density at radius 2 is 1.68 bits per heavy atom. The van der Waals surface area contributed by atoms with Gasteiger partial charge in [-0.1, -0.05) is 18.2 Å². The third-order valence-electron chi connectivity index (χ3n) is 4.83. The number of hydrogen-bond donors (Lipinski definition) is 1. The predicted octanol–water partition coefficient (Wildman–Crippen LogP) is 4.17. The third-order valence-corrected chi connectivity index (χ3v) is 4.83. The molecular formula is C21H20N2O2. The maximum Gasteiger partial charge on any atom is 0.262 e. The van der Waals surface area contributed by atoms with Gasteiger partial charge in [-0.05, 0) is 61.6 Å². The lowest BCUT2D eigenvalue weighted by molar-refractivity contribution is -0.114. The van der Waals surface area contributed by atoms with Crippen LogP contribution in [0.15, 0.2) is 48.5 Å². The van der Waals surface area contributed by atoms with Crippen LogP contribution in [-0.2, 0) is 17.6 Å². The lowest BCUT2D eigenvalue weighted by Crippen LogP contribution is -2.17. The number of aromatic nitrogens is 1. The molecule has 126 valence electrons. The minimum atomic E-state index is -0.121. The molecule has 0 unspecified atom stereocenters. The first-order chi connectivity index (χ1) is 12.1. The summed E-state index contributed by atoms with van der Waals surface area (Å²) in [6.45, 7) is 1.47. The van der Waals surface area contributed by atoms with E-state index < -0.39 is 0 Å². The van der Waals surface area contributed by atoms with Gasteiger partial charge in [0.1, 0.15) is 0 Å². The van der Waals surface area contributed by atoms with Gasteiger partial charge in [0.05, 0.1) is 5.52 Å². The average molecular weight is 332 g/mol. The Balaban J connectivity index is 1.79. The number of para-hydroxylation sites is 1. The Kier molecular flexibility index (Phi) is 3.88. The van der Waals surface area contributed by atoms with Crippen LogP contribution < -0.4 is 5.32 Å². The molecule has 3 aromatic rings. The van der Waals surface area contributed by atoms with E-state index in [0.717, 1.165) is 30.5 Å². The summed E-state index contributed by atoms with van der Waals surface area (Å²) in [5.41, 5.74) is 4.80. The molecule has 4 heteroatoms. The zero-order chi connectivity index (χ0) is 17.4. The SMILES string of the molecule is CC(=O)Nc1ccc(C(=O)n2c3c(c4ccccc42)CCCC3)cc1. The Hall–Kier alpha value is -2.88. The van der Waals surface area contributed by atoms with Gasteiger partial charge in [-0.2, -0.15) is 0 Å². The molecule has 1 aliphatic rings. The van der Waals surface area contributed by atoms with Crippen molar-refractivity contribution in [2.24, 2.45) is 0 Å². The standard InChI is InChI=1S/C21H20N2O2/c1-14(24)22-16-12-10-15(11-13-16)21(25)23-19-8-4-2-6-17(19)18-7-3-5-9-20(18)23/h2,4,6,8,10-13H,3,5,7,9H2,1H3,(H,22,24). The summed E-state index contributed by atoms with van der Waals surface area (Å²) in [5, 5.41) is 3.92. The van der Waals surface area contributed by atoms with Gasteiger partial charge in [-0.3, -0.25) is 14.2 Å². The largest absolute Gasteiger partial charge is 0.326 e. The molecule has 0 saturated heterocycles. The first-order valence-corrected chi connectivity index (χ1v) is 8.68. The molecule has 4 rings (SSSR count). The van der Waals surface area contributed by atoms with Gasteiger partial charge < -0.3 is 5.32 Å². The Bertz CT molecular complexity index is 967. The van der Waals surface area contributed by atoms with Crippen LogP contribution in [0.25, 0.3) is 10.9 Å². The highest BCUT2D eigenvalue weighted by molar-refractivity contribution is 6.04. The fraction of sp³-hybridized carbons (Fsp3) is 0.238. The molecule has 1 amide bonds. The zero-order valence-electron chi connectivity index (χ0n) is 14.2. The van der Waals surface area contributed by atoms with Crippen LogP contribution in [0.5, 0.6) is 0 Å². The topological polar surface area (TPSA) is 51.1 Å². The number of amides is 1. The van der Waals surface area contributed by atoms with Crippen molar-refractivity contribution in [3.05, 3.63) is 65.4 Å². The third kappa shape index (κ3) is 2.74. The van der Waals surface area contributed by atoms with Gasteiger partial charge in [-0.25, -0.2) is 0 Å². The Labute approximate surface area is 146 Å². The number of rotatable bonds is 2. The number of nitrogens with zero attached hydrogens (tertiary/aromatic N) is 1. The van der Waals surface area contributed by atoms with E-state index in [1.807, 2.05) is 22.8 Å². The monoisotopic (exact) mass is 332 g/mol. The Morgan fingerprint density at radius 3 is 2.44 bits per heavy atom. The number of hydrogen-bond acceptors (Lipinski definition) is 2. The van der Waals surface area contributed by atoms with Gasteiger partial charge in [0.2, 0.25) is 5.91 Å². The summed E-state index contributed by atoms with van der Waals surface area (Å²) in [6.07, 6.45) is 4.29. The van der Waals surface area contributed by atoms with Crippen molar-refractivity contribution < 1.29 is 9.59 Å². The molecule has 0 saturated carbocycles. The highest BCUT2D eigenvalue weighted by atomic mass is 16.2. The molecule has 0 fully saturated rings. The van der Waals surface area contributed by atoms with Crippen LogP contribution in [-0.4, -0.2) is 16.4 Å². The minimum absolute atomic E-state index is 0.00581. The van der Waals surface area contributed by atoms with E-state index in [0.29, 0.717) is 11.3 Å². The molecule has 0 spiro atoms. The molecule has 25 heavy (non-hydrogen) atoms. The van der Waals surface area contributed by atoms with Crippen molar-refractivity contribution in [3.8, 4) is 0 Å². The van der Waals surface area contributed by atoms with Crippen LogP contribution in [0, 0.1) is 0 Å². The number of aryl methyl sites for hydroxylation is 1. The molecule has 0 atom stereocenters. The van der Waals surface area contributed by atoms with E-state index >= 15 is 0 Å². The summed E-state index contributed by atoms with van der Waals surface area (Å²) >= 11 is 0. The van der Waals surface area contributed by atoms with E-state index in [1.165, 1.54) is 24.3 Å². The van der Waals surface area contributed by atoms with Crippen molar-refractivity contribution >= 4 is 28.4 Å². The molecule has 0 radical (unpaired) electrons. The normalized spacial score (nSPS) is 13.5. The lowest BCUT2D eigenvalue weighted by atomic mass is 9.95. The van der Waals surface area contributed by atoms with E-state index in [-0.39, 0.29) is 11.8 Å². The molecule has 1 N–H and O–H groups in total. The molecule has 1 aliphatic carbocycles. The highest BCUT2D eigenvalue weighted by Crippen LogP contribution is 2.32. The number of anilines is 1. The fourth-order valence-electron chi connectivity index (χ4n) is 3.76. The van der Waals surface area contributed by atoms with Crippen molar-refractivity contribution in [2.45, 2.75) is 32.6 Å². The van der Waals surface area contributed by atoms with E-state index in [9.17, 15) is 9.59 Å². The quantitative estimate of drug-likeness (QED) is 0.766. The Morgan fingerprint density at radius 1 is 0.960 bits per heavy atom. The summed E-state index contributed by atoms with van der Waals surface area (Å²) in [5.74, 6) is -0.127. The van der Waals surface area contributed by atoms with Gasteiger partial charge in [0, 0.05) is 29.3 Å². The van der Waals surface area contributed by atoms with Crippen LogP contribution in [0.4, 0.5) is 5.69 Å². The van der Waals surface area contributed by atoms with Crippen LogP contribution >= 0.6 is 0 Å². The second kappa shape index (κ2) is 6.20. The summed E-state index contributed by atoms with van der Waals surface area (Å²) in [7, 11) is 0. The first kappa shape index (κ1) is 15.6. The van der Waals surface area contributed by atoms with Gasteiger partial charge in [-0.15, -0.1) is 0 Å². The molecule has 2 aromatic carbocycles. The van der Waals surface area contributed by atoms with Crippen molar-refractivity contribution in [2.75, 3.05) is 5.32 Å². The second-order valence-corrected chi connectivity index (χ2v) is 6.55. The number of benzene rings is 2. The summed E-state index contributed by atoms with van der Waals surface area (Å²) < 4.78 is 1.89. The predicted molar refractivity (Wildman–Crippen MR) is 99.1 cm³/mol. The van der Waals surface area contributed by atoms with Crippen molar-refractivity contribution in [1.29, 1.82) is 0 Å². The van der Waals surface area contributed by atoms with Gasteiger partial charge >= 0.3 is 0 Å². The molecule has 1 aromatic heterocycles. The fourth-order valence-corrected chi connectivity index (χ4v) is 3.76. The molecule has 4 nitrogen and oxygen atoms in total. The van der Waals surface area contributed by atoms with Crippen LogP contribution in [0.2, 0.25) is 0 Å². The van der Waals surface area contributed by atoms with E-state index in [4.69, 9.17) is 0 Å². The van der Waals surface area contributed by atoms with Crippen LogP contribution in [0.1, 0.15) is 41.4 Å². The minimum Gasteiger partial charge on any atom is -0.326 e. The van der Waals surface area contributed by atoms with Gasteiger partial charge in [0.15, 0.2) is 0 Å². The first-order valence-electron chi connectivity index (χ1n) is 8.68. The summed E-state index contributed by atoms with van der Waals surface area (Å²) in [4.78, 5) is 24.3. The average Bonchev–Trinajstić information content (AvgIpc) is 2.96. The number of carbonyl (C=O) groups is 2.